The Morgan fingerprint density at radius 3 is 2.75 bits per heavy atom. The first kappa shape index (κ1) is 20.1. The van der Waals surface area contributed by atoms with Crippen LogP contribution < -0.4 is 5.32 Å². The average Bonchev–Trinajstić information content (AvgIpc) is 2.60. The second kappa shape index (κ2) is 12.5. The number of nitrogens with one attached hydrogen (secondary N) is 1. The van der Waals surface area contributed by atoms with Crippen molar-refractivity contribution in [1.29, 1.82) is 5.26 Å². The lowest BCUT2D eigenvalue weighted by Crippen LogP contribution is -2.15. The molecule has 1 aromatic rings. The molecule has 0 aromatic heterocycles. The van der Waals surface area contributed by atoms with Gasteiger partial charge in [-0.25, -0.2) is 4.39 Å². The summed E-state index contributed by atoms with van der Waals surface area (Å²) in [6.07, 6.45) is 6.57. The van der Waals surface area contributed by atoms with E-state index < -0.39 is 0 Å². The molecule has 0 fully saturated rings. The van der Waals surface area contributed by atoms with Gasteiger partial charge >= 0.3 is 0 Å². The quantitative estimate of drug-likeness (QED) is 0.238. The second-order valence-electron chi connectivity index (χ2n) is 4.95. The van der Waals surface area contributed by atoms with Gasteiger partial charge in [0.15, 0.2) is 0 Å². The monoisotopic (exact) mass is 345 g/mol. The third-order valence-corrected chi connectivity index (χ3v) is 4.26. The topological polar surface area (TPSA) is 48.2 Å². The summed E-state index contributed by atoms with van der Waals surface area (Å²) in [6.45, 7) is 6.21. The molecule has 0 heterocycles. The van der Waals surface area contributed by atoms with Gasteiger partial charge in [0.1, 0.15) is 5.82 Å². The maximum atomic E-state index is 13.0. The Balaban J connectivity index is 2.29. The Kier molecular flexibility index (Phi) is 10.5. The van der Waals surface area contributed by atoms with Gasteiger partial charge in [0.05, 0.1) is 11.1 Å². The van der Waals surface area contributed by atoms with Crippen LogP contribution in [-0.2, 0) is 0 Å². The zero-order valence-electron chi connectivity index (χ0n) is 14.3. The highest BCUT2D eigenvalue weighted by Crippen LogP contribution is 2.15. The Hall–Kier alpha value is -1.90. The lowest BCUT2D eigenvalue weighted by Gasteiger charge is -2.07. The van der Waals surface area contributed by atoms with E-state index in [1.807, 2.05) is 26.0 Å². The number of hydrogen-bond acceptors (Lipinski definition) is 4. The molecule has 0 saturated heterocycles. The molecule has 3 nitrogen and oxygen atoms in total. The highest BCUT2D eigenvalue weighted by molar-refractivity contribution is 8.14. The van der Waals surface area contributed by atoms with Crippen LogP contribution in [0.25, 0.3) is 0 Å². The maximum absolute atomic E-state index is 13.0. The van der Waals surface area contributed by atoms with E-state index in [1.54, 1.807) is 30.0 Å². The number of benzene rings is 1. The fraction of sp³-hybridized carbons (Fsp3) is 0.368. The SMILES string of the molecule is C/C=C(C#N)\C=C/CNCCCSC(=NCC)c1ccc(F)cc1. The Morgan fingerprint density at radius 2 is 2.12 bits per heavy atom. The molecule has 0 unspecified atom stereocenters. The molecule has 0 bridgehead atoms. The molecule has 0 saturated carbocycles. The van der Waals surface area contributed by atoms with Crippen LogP contribution in [0.3, 0.4) is 0 Å². The summed E-state index contributed by atoms with van der Waals surface area (Å²) in [7, 11) is 0. The van der Waals surface area contributed by atoms with Crippen molar-refractivity contribution in [3.8, 4) is 6.07 Å². The number of nitriles is 1. The normalized spacial score (nSPS) is 12.6. The number of aliphatic imine (C=N–C) groups is 1. The lowest BCUT2D eigenvalue weighted by molar-refractivity contribution is 0.628. The Bertz CT molecular complexity index is 612. The lowest BCUT2D eigenvalue weighted by atomic mass is 10.2. The molecule has 1 aromatic carbocycles. The van der Waals surface area contributed by atoms with Crippen molar-refractivity contribution in [2.75, 3.05) is 25.4 Å². The Labute approximate surface area is 148 Å². The first-order chi connectivity index (χ1) is 11.7. The summed E-state index contributed by atoms with van der Waals surface area (Å²) in [5, 5.41) is 13.1. The van der Waals surface area contributed by atoms with Crippen molar-refractivity contribution < 1.29 is 4.39 Å². The van der Waals surface area contributed by atoms with E-state index in [4.69, 9.17) is 5.26 Å². The van der Waals surface area contributed by atoms with Gasteiger partial charge in [0.25, 0.3) is 0 Å². The van der Waals surface area contributed by atoms with Crippen LogP contribution in [0.1, 0.15) is 25.8 Å². The zero-order valence-corrected chi connectivity index (χ0v) is 15.1. The average molecular weight is 345 g/mol. The van der Waals surface area contributed by atoms with Crippen LogP contribution in [0.5, 0.6) is 0 Å². The highest BCUT2D eigenvalue weighted by atomic mass is 32.2. The molecule has 0 spiro atoms. The van der Waals surface area contributed by atoms with Gasteiger partial charge in [-0.2, -0.15) is 5.26 Å². The van der Waals surface area contributed by atoms with Gasteiger partial charge in [-0.05, 0) is 57.2 Å². The maximum Gasteiger partial charge on any atom is 0.123 e. The van der Waals surface area contributed by atoms with Crippen molar-refractivity contribution in [3.05, 3.63) is 59.4 Å². The summed E-state index contributed by atoms with van der Waals surface area (Å²) in [4.78, 5) is 4.50. The molecule has 1 rings (SSSR count). The summed E-state index contributed by atoms with van der Waals surface area (Å²) in [5.41, 5.74) is 1.64. The smallest absolute Gasteiger partial charge is 0.123 e. The first-order valence-electron chi connectivity index (χ1n) is 8.08. The molecule has 128 valence electrons. The van der Waals surface area contributed by atoms with Gasteiger partial charge in [-0.3, -0.25) is 4.99 Å². The van der Waals surface area contributed by atoms with Crippen molar-refractivity contribution in [2.24, 2.45) is 4.99 Å². The van der Waals surface area contributed by atoms with E-state index in [1.165, 1.54) is 12.1 Å². The predicted molar refractivity (Wildman–Crippen MR) is 102 cm³/mol. The zero-order chi connectivity index (χ0) is 17.6. The third kappa shape index (κ3) is 8.09. The number of thioether (sulfide) groups is 1. The molecule has 1 N–H and O–H groups in total. The number of nitrogens with zero attached hydrogens (tertiary/aromatic N) is 2. The van der Waals surface area contributed by atoms with Crippen molar-refractivity contribution in [1.82, 2.24) is 5.32 Å². The van der Waals surface area contributed by atoms with Crippen molar-refractivity contribution in [2.45, 2.75) is 20.3 Å². The van der Waals surface area contributed by atoms with Crippen LogP contribution in [0.4, 0.5) is 4.39 Å². The summed E-state index contributed by atoms with van der Waals surface area (Å²) in [6, 6.07) is 8.59. The summed E-state index contributed by atoms with van der Waals surface area (Å²) < 4.78 is 13.0. The van der Waals surface area contributed by atoms with Crippen molar-refractivity contribution >= 4 is 16.8 Å². The molecule has 0 aliphatic rings. The van der Waals surface area contributed by atoms with Gasteiger partial charge in [-0.1, -0.05) is 12.2 Å². The molecule has 0 atom stereocenters. The van der Waals surface area contributed by atoms with Crippen LogP contribution in [-0.4, -0.2) is 30.4 Å². The molecule has 0 aliphatic carbocycles. The van der Waals surface area contributed by atoms with Gasteiger partial charge in [0, 0.05) is 30.0 Å². The molecule has 24 heavy (non-hydrogen) atoms. The number of allylic oxidation sites excluding steroid dienone is 3. The summed E-state index contributed by atoms with van der Waals surface area (Å²) in [5.74, 6) is 0.722. The summed E-state index contributed by atoms with van der Waals surface area (Å²) >= 11 is 1.70. The van der Waals surface area contributed by atoms with Crippen molar-refractivity contribution in [3.63, 3.8) is 0 Å². The van der Waals surface area contributed by atoms with E-state index >= 15 is 0 Å². The van der Waals surface area contributed by atoms with Gasteiger partial charge < -0.3 is 5.32 Å². The second-order valence-corrected chi connectivity index (χ2v) is 6.03. The van der Waals surface area contributed by atoms with E-state index in [0.29, 0.717) is 5.57 Å². The van der Waals surface area contributed by atoms with Crippen LogP contribution >= 0.6 is 11.8 Å². The molecular formula is C19H24FN3S. The third-order valence-electron chi connectivity index (χ3n) is 3.13. The molecule has 0 amide bonds. The molecule has 5 heteroatoms. The van der Waals surface area contributed by atoms with Crippen LogP contribution in [0, 0.1) is 17.1 Å². The largest absolute Gasteiger partial charge is 0.313 e. The van der Waals surface area contributed by atoms with Crippen LogP contribution in [0.15, 0.2) is 53.1 Å². The minimum Gasteiger partial charge on any atom is -0.313 e. The Morgan fingerprint density at radius 1 is 1.38 bits per heavy atom. The standard InChI is InChI=1S/C19H24FN3S/c1-3-16(15-21)7-5-12-22-13-6-14-24-19(23-4-2)17-8-10-18(20)11-9-17/h3,5,7-11,22H,4,6,12-14H2,1-2H3/b7-5-,16-3+,23-19?. The fourth-order valence-electron chi connectivity index (χ4n) is 1.89. The van der Waals surface area contributed by atoms with Crippen LogP contribution in [0.2, 0.25) is 0 Å². The van der Waals surface area contributed by atoms with E-state index in [0.717, 1.165) is 42.4 Å². The van der Waals surface area contributed by atoms with Gasteiger partial charge in [0.2, 0.25) is 0 Å². The number of halogens is 1. The van der Waals surface area contributed by atoms with E-state index in [9.17, 15) is 4.39 Å². The van der Waals surface area contributed by atoms with E-state index in [-0.39, 0.29) is 5.82 Å². The molecule has 0 aliphatic heterocycles. The molecular weight excluding hydrogens is 321 g/mol. The minimum atomic E-state index is -0.227. The van der Waals surface area contributed by atoms with E-state index in [2.05, 4.69) is 16.4 Å². The minimum absolute atomic E-state index is 0.227. The molecule has 0 radical (unpaired) electrons. The van der Waals surface area contributed by atoms with Gasteiger partial charge in [-0.15, -0.1) is 11.8 Å². The first-order valence-corrected chi connectivity index (χ1v) is 9.06. The number of hydrogen-bond donors (Lipinski definition) is 1. The number of rotatable bonds is 9. The predicted octanol–water partition coefficient (Wildman–Crippen LogP) is 4.33. The highest BCUT2D eigenvalue weighted by Gasteiger charge is 2.04. The fourth-order valence-corrected chi connectivity index (χ4v) is 2.90.